The summed E-state index contributed by atoms with van der Waals surface area (Å²) in [5.41, 5.74) is -0.463. The Kier molecular flexibility index (Phi) is 10.1. The molecule has 0 radical (unpaired) electrons. The molecule has 3 fully saturated rings. The molecule has 1 aromatic carbocycles. The number of alkyl halides is 3. The smallest absolute Gasteiger partial charge is 0.275 e. The first kappa shape index (κ1) is 34.7. The van der Waals surface area contributed by atoms with Crippen LogP contribution in [0.3, 0.4) is 0 Å². The maximum absolute atomic E-state index is 16.3. The Morgan fingerprint density at radius 3 is 2.71 bits per heavy atom. The number of pyridine rings is 1. The fourth-order valence-corrected chi connectivity index (χ4v) is 8.18. The lowest BCUT2D eigenvalue weighted by molar-refractivity contribution is -0.0145. The zero-order valence-corrected chi connectivity index (χ0v) is 28.5. The lowest BCUT2D eigenvalue weighted by atomic mass is 9.79. The molecular formula is C36H45ClF4N6O. The van der Waals surface area contributed by atoms with E-state index in [9.17, 15) is 9.50 Å². The third-order valence-electron chi connectivity index (χ3n) is 10.3. The molecular weight excluding hydrogens is 644 g/mol. The van der Waals surface area contributed by atoms with Crippen molar-refractivity contribution in [3.63, 3.8) is 0 Å². The van der Waals surface area contributed by atoms with E-state index in [1.165, 1.54) is 19.0 Å². The van der Waals surface area contributed by atoms with Crippen molar-refractivity contribution in [2.75, 3.05) is 37.6 Å². The zero-order valence-electron chi connectivity index (χ0n) is 27.8. The number of aromatic hydroxyl groups is 1. The van der Waals surface area contributed by atoms with Gasteiger partial charge in [-0.3, -0.25) is 9.88 Å². The summed E-state index contributed by atoms with van der Waals surface area (Å²) in [5.74, 6) is -3.56. The second kappa shape index (κ2) is 14.0. The molecule has 12 heteroatoms. The summed E-state index contributed by atoms with van der Waals surface area (Å²) >= 11 is 6.27. The summed E-state index contributed by atoms with van der Waals surface area (Å²) < 4.78 is 60.3. The van der Waals surface area contributed by atoms with Crippen molar-refractivity contribution < 1.29 is 22.7 Å². The highest BCUT2D eigenvalue weighted by Crippen LogP contribution is 2.46. The number of hydrogen-bond acceptors (Lipinski definition) is 7. The normalized spacial score (nSPS) is 26.0. The van der Waals surface area contributed by atoms with E-state index >= 15 is 13.2 Å². The monoisotopic (exact) mass is 688 g/mol. The molecule has 3 unspecified atom stereocenters. The highest BCUT2D eigenvalue weighted by molar-refractivity contribution is 6.32. The number of allylic oxidation sites excluding steroid dienone is 1. The third-order valence-corrected chi connectivity index (χ3v) is 10.6. The molecule has 260 valence electrons. The van der Waals surface area contributed by atoms with Crippen LogP contribution in [0.15, 0.2) is 30.6 Å². The first-order chi connectivity index (χ1) is 22.9. The summed E-state index contributed by atoms with van der Waals surface area (Å²) in [7, 11) is 0. The van der Waals surface area contributed by atoms with Gasteiger partial charge in [0.25, 0.3) is 5.92 Å². The van der Waals surface area contributed by atoms with Crippen molar-refractivity contribution in [2.45, 2.75) is 96.2 Å². The number of nitrogens with zero attached hydrogens (tertiary/aromatic N) is 5. The summed E-state index contributed by atoms with van der Waals surface area (Å²) in [4.78, 5) is 18.0. The number of fused-ring (bicyclic) bond motifs is 9. The second-order valence-corrected chi connectivity index (χ2v) is 14.6. The van der Waals surface area contributed by atoms with E-state index < -0.39 is 29.9 Å². The van der Waals surface area contributed by atoms with Crippen LogP contribution in [0.5, 0.6) is 5.75 Å². The number of phenolic OH excluding ortho intramolecular Hbond substituents is 1. The minimum Gasteiger partial charge on any atom is -0.508 e. The number of benzene rings is 1. The predicted molar refractivity (Wildman–Crippen MR) is 182 cm³/mol. The van der Waals surface area contributed by atoms with Gasteiger partial charge in [0.1, 0.15) is 34.8 Å². The maximum Gasteiger partial charge on any atom is 0.275 e. The number of nitrogens with one attached hydrogen (secondary N) is 1. The number of halogens is 5. The summed E-state index contributed by atoms with van der Waals surface area (Å²) in [6.07, 6.45) is 7.56. The van der Waals surface area contributed by atoms with E-state index in [0.717, 1.165) is 57.5 Å². The molecule has 3 atom stereocenters. The van der Waals surface area contributed by atoms with Gasteiger partial charge in [-0.2, -0.15) is 0 Å². The Hall–Kier alpha value is -3.18. The summed E-state index contributed by atoms with van der Waals surface area (Å²) in [6, 6.07) is 2.74. The van der Waals surface area contributed by atoms with Gasteiger partial charge in [0.05, 0.1) is 10.4 Å². The number of rotatable bonds is 1. The van der Waals surface area contributed by atoms with Crippen LogP contribution in [-0.4, -0.2) is 69.9 Å². The number of phenols is 1. The molecule has 0 saturated carbocycles. The van der Waals surface area contributed by atoms with Gasteiger partial charge in [0.15, 0.2) is 5.82 Å². The van der Waals surface area contributed by atoms with Gasteiger partial charge in [0.2, 0.25) is 0 Å². The fourth-order valence-electron chi connectivity index (χ4n) is 7.83. The Labute approximate surface area is 284 Å². The predicted octanol–water partition coefficient (Wildman–Crippen LogP) is 8.32. The van der Waals surface area contributed by atoms with Crippen molar-refractivity contribution in [3.8, 4) is 17.0 Å². The minimum absolute atomic E-state index is 0.0157. The van der Waals surface area contributed by atoms with E-state index in [1.54, 1.807) is 0 Å². The lowest BCUT2D eigenvalue weighted by Gasteiger charge is -2.41. The Morgan fingerprint density at radius 2 is 1.94 bits per heavy atom. The topological polar surface area (TPSA) is 77.4 Å². The number of hydrogen-bond donors (Lipinski definition) is 2. The van der Waals surface area contributed by atoms with Crippen LogP contribution in [-0.2, 0) is 12.3 Å². The molecule has 7 nitrogen and oxygen atoms in total. The maximum atomic E-state index is 16.3. The van der Waals surface area contributed by atoms with E-state index in [-0.39, 0.29) is 39.4 Å². The molecule has 7 heterocycles. The van der Waals surface area contributed by atoms with Crippen LogP contribution in [0.4, 0.5) is 23.4 Å². The highest BCUT2D eigenvalue weighted by Gasteiger charge is 2.39. The van der Waals surface area contributed by atoms with Gasteiger partial charge in [-0.25, -0.2) is 27.5 Å². The van der Waals surface area contributed by atoms with E-state index in [1.807, 2.05) is 6.92 Å². The van der Waals surface area contributed by atoms with Crippen molar-refractivity contribution in [1.82, 2.24) is 25.2 Å². The number of aromatic nitrogens is 3. The SMILES string of the molecule is C=C1CCCC(F)(F)c2c(Cl)cc(O)cc2-c2ncc3c(nc(CC)nc3c2F)N2CCCC(C)(CCN1)C2.FC1CC2CCCN2C1. The molecule has 6 bridgehead atoms. The van der Waals surface area contributed by atoms with Gasteiger partial charge in [-0.1, -0.05) is 32.0 Å². The molecule has 2 N–H and O–H groups in total. The lowest BCUT2D eigenvalue weighted by Crippen LogP contribution is -2.43. The van der Waals surface area contributed by atoms with Crippen molar-refractivity contribution in [2.24, 2.45) is 5.41 Å². The first-order valence-electron chi connectivity index (χ1n) is 17.2. The van der Waals surface area contributed by atoms with Crippen LogP contribution >= 0.6 is 11.6 Å². The molecule has 2 aromatic heterocycles. The molecule has 48 heavy (non-hydrogen) atoms. The van der Waals surface area contributed by atoms with Gasteiger partial charge < -0.3 is 15.3 Å². The van der Waals surface area contributed by atoms with E-state index in [4.69, 9.17) is 16.6 Å². The number of piperidine rings is 1. The van der Waals surface area contributed by atoms with Gasteiger partial charge in [0, 0.05) is 68.1 Å². The summed E-state index contributed by atoms with van der Waals surface area (Å²) in [5, 5.41) is 13.6. The van der Waals surface area contributed by atoms with Crippen LogP contribution in [0.2, 0.25) is 5.02 Å². The molecule has 5 aliphatic heterocycles. The number of aryl methyl sites for hydroxylation is 1. The van der Waals surface area contributed by atoms with Crippen molar-refractivity contribution in [3.05, 3.63) is 52.8 Å². The summed E-state index contributed by atoms with van der Waals surface area (Å²) in [6.45, 7) is 12.2. The molecule has 8 rings (SSSR count). The third kappa shape index (κ3) is 7.22. The fraction of sp³-hybridized carbons (Fsp3) is 0.583. The molecule has 5 aliphatic rings. The molecule has 0 aliphatic carbocycles. The number of anilines is 1. The largest absolute Gasteiger partial charge is 0.508 e. The van der Waals surface area contributed by atoms with Gasteiger partial charge in [-0.05, 0) is 75.5 Å². The Bertz CT molecular complexity index is 1660. The standard InChI is InChI=1S/C29H33ClF3N5O.C7H12FN/c1-4-22-36-26-20-15-35-25(24(26)31)19-13-18(39)14-21(30)23(19)29(32,33)9-5-7-17(2)34-11-10-28(3)8-6-12-38(16-28)27(20)37-22;8-6-4-7-2-1-3-9(7)5-6/h13-15,34,39H,2,4-12,16H2,1,3H3;6-7H,1-5H2. The molecule has 3 aromatic rings. The average Bonchev–Trinajstić information content (AvgIpc) is 3.61. The van der Waals surface area contributed by atoms with Crippen LogP contribution in [0.1, 0.15) is 83.0 Å². The quantitative estimate of drug-likeness (QED) is 0.249. The van der Waals surface area contributed by atoms with Gasteiger partial charge in [-0.15, -0.1) is 0 Å². The highest BCUT2D eigenvalue weighted by atomic mass is 35.5. The van der Waals surface area contributed by atoms with E-state index in [0.29, 0.717) is 54.7 Å². The Balaban J connectivity index is 0.000000381. The zero-order chi connectivity index (χ0) is 34.2. The first-order valence-corrected chi connectivity index (χ1v) is 17.6. The van der Waals surface area contributed by atoms with Crippen molar-refractivity contribution >= 4 is 28.3 Å². The Morgan fingerprint density at radius 1 is 1.12 bits per heavy atom. The molecule has 0 amide bonds. The molecule has 3 saturated heterocycles. The van der Waals surface area contributed by atoms with Crippen molar-refractivity contribution in [1.29, 1.82) is 0 Å². The van der Waals surface area contributed by atoms with Gasteiger partial charge >= 0.3 is 0 Å². The second-order valence-electron chi connectivity index (χ2n) is 14.1. The van der Waals surface area contributed by atoms with E-state index in [2.05, 4.69) is 38.6 Å². The van der Waals surface area contributed by atoms with Crippen LogP contribution in [0, 0.1) is 11.2 Å². The van der Waals surface area contributed by atoms with Crippen LogP contribution in [0.25, 0.3) is 22.2 Å². The molecule has 0 spiro atoms. The minimum atomic E-state index is -3.41. The average molecular weight is 689 g/mol. The van der Waals surface area contributed by atoms with Crippen LogP contribution < -0.4 is 10.2 Å².